The molecule has 0 spiro atoms. The number of benzene rings is 1. The van der Waals surface area contributed by atoms with E-state index in [1.807, 2.05) is 12.1 Å². The molecule has 3 nitrogen and oxygen atoms in total. The lowest BCUT2D eigenvalue weighted by Crippen LogP contribution is -2.33. The molecule has 1 aromatic heterocycles. The van der Waals surface area contributed by atoms with Gasteiger partial charge in [-0.3, -0.25) is 0 Å². The van der Waals surface area contributed by atoms with Crippen LogP contribution in [0.2, 0.25) is 5.02 Å². The molecular formula is C15H22ClN3. The highest BCUT2D eigenvalue weighted by molar-refractivity contribution is 6.31. The number of rotatable bonds is 6. The molecule has 4 heteroatoms. The van der Waals surface area contributed by atoms with Gasteiger partial charge < -0.3 is 15.2 Å². The summed E-state index contributed by atoms with van der Waals surface area (Å²) in [5.74, 6) is 0. The maximum absolute atomic E-state index is 5.98. The first kappa shape index (κ1) is 14.4. The number of likely N-dealkylation sites (N-methyl/N-ethyl adjacent to an activating group) is 1. The van der Waals surface area contributed by atoms with E-state index in [0.717, 1.165) is 30.2 Å². The Labute approximate surface area is 119 Å². The van der Waals surface area contributed by atoms with Crippen molar-refractivity contribution in [1.29, 1.82) is 0 Å². The molecule has 0 radical (unpaired) electrons. The topological polar surface area (TPSA) is 31.1 Å². The Morgan fingerprint density at radius 2 is 2.16 bits per heavy atom. The van der Waals surface area contributed by atoms with Crippen molar-refractivity contribution in [3.05, 3.63) is 35.0 Å². The van der Waals surface area contributed by atoms with Crippen LogP contribution in [-0.2, 0) is 6.54 Å². The molecule has 0 fully saturated rings. The normalized spacial score (nSPS) is 11.9. The largest absolute Gasteiger partial charge is 0.361 e. The third kappa shape index (κ3) is 3.72. The number of nitrogens with zero attached hydrogens (tertiary/aromatic N) is 1. The Bertz CT molecular complexity index is 533. The van der Waals surface area contributed by atoms with Crippen LogP contribution < -0.4 is 5.32 Å². The number of H-pyrrole nitrogens is 1. The molecular weight excluding hydrogens is 258 g/mol. The van der Waals surface area contributed by atoms with Gasteiger partial charge in [0.1, 0.15) is 0 Å². The van der Waals surface area contributed by atoms with Gasteiger partial charge in [-0.25, -0.2) is 0 Å². The highest BCUT2D eigenvalue weighted by atomic mass is 35.5. The number of fused-ring (bicyclic) bond motifs is 1. The fourth-order valence-corrected chi connectivity index (χ4v) is 2.21. The zero-order chi connectivity index (χ0) is 13.8. The fourth-order valence-electron chi connectivity index (χ4n) is 2.04. The highest BCUT2D eigenvalue weighted by Gasteiger charge is 2.05. The Balaban J connectivity index is 1.88. The SMILES string of the molecule is CC(C)N(C)CCNCc1c[nH]c2cc(Cl)ccc12. The summed E-state index contributed by atoms with van der Waals surface area (Å²) in [6.45, 7) is 7.36. The third-order valence-electron chi connectivity index (χ3n) is 3.57. The predicted octanol–water partition coefficient (Wildman–Crippen LogP) is 3.25. The predicted molar refractivity (Wildman–Crippen MR) is 82.8 cm³/mol. The summed E-state index contributed by atoms with van der Waals surface area (Å²) in [7, 11) is 2.15. The molecule has 0 aliphatic carbocycles. The van der Waals surface area contributed by atoms with Crippen LogP contribution in [0.4, 0.5) is 0 Å². The molecule has 2 rings (SSSR count). The molecule has 0 saturated heterocycles. The minimum atomic E-state index is 0.594. The lowest BCUT2D eigenvalue weighted by atomic mass is 10.2. The second-order valence-electron chi connectivity index (χ2n) is 5.25. The van der Waals surface area contributed by atoms with Crippen molar-refractivity contribution >= 4 is 22.5 Å². The van der Waals surface area contributed by atoms with Crippen LogP contribution in [0.1, 0.15) is 19.4 Å². The molecule has 0 atom stereocenters. The number of aromatic nitrogens is 1. The van der Waals surface area contributed by atoms with Crippen molar-refractivity contribution < 1.29 is 0 Å². The number of halogens is 1. The van der Waals surface area contributed by atoms with Crippen LogP contribution in [0.25, 0.3) is 10.9 Å². The quantitative estimate of drug-likeness (QED) is 0.796. The van der Waals surface area contributed by atoms with Crippen molar-refractivity contribution in [2.45, 2.75) is 26.4 Å². The zero-order valence-electron chi connectivity index (χ0n) is 11.8. The first-order chi connectivity index (χ1) is 9.08. The van der Waals surface area contributed by atoms with Crippen molar-refractivity contribution in [2.75, 3.05) is 20.1 Å². The molecule has 0 aliphatic heterocycles. The van der Waals surface area contributed by atoms with Gasteiger partial charge in [0.2, 0.25) is 0 Å². The van der Waals surface area contributed by atoms with Crippen molar-refractivity contribution in [1.82, 2.24) is 15.2 Å². The Morgan fingerprint density at radius 1 is 1.37 bits per heavy atom. The zero-order valence-corrected chi connectivity index (χ0v) is 12.6. The summed E-state index contributed by atoms with van der Waals surface area (Å²) in [6.07, 6.45) is 2.06. The second-order valence-corrected chi connectivity index (χ2v) is 5.69. The van der Waals surface area contributed by atoms with Gasteiger partial charge in [-0.05, 0) is 38.6 Å². The summed E-state index contributed by atoms with van der Waals surface area (Å²) in [5, 5.41) is 5.50. The molecule has 19 heavy (non-hydrogen) atoms. The lowest BCUT2D eigenvalue weighted by molar-refractivity contribution is 0.273. The first-order valence-electron chi connectivity index (χ1n) is 6.74. The van der Waals surface area contributed by atoms with Crippen LogP contribution >= 0.6 is 11.6 Å². The average molecular weight is 280 g/mol. The molecule has 0 aliphatic rings. The molecule has 1 aromatic carbocycles. The molecule has 0 amide bonds. The summed E-state index contributed by atoms with van der Waals surface area (Å²) in [5.41, 5.74) is 2.39. The number of aromatic amines is 1. The van der Waals surface area contributed by atoms with Crippen LogP contribution in [0.3, 0.4) is 0 Å². The summed E-state index contributed by atoms with van der Waals surface area (Å²) < 4.78 is 0. The number of nitrogens with one attached hydrogen (secondary N) is 2. The summed E-state index contributed by atoms with van der Waals surface area (Å²) in [6, 6.07) is 6.57. The number of hydrogen-bond acceptors (Lipinski definition) is 2. The van der Waals surface area contributed by atoms with Crippen molar-refractivity contribution in [2.24, 2.45) is 0 Å². The fraction of sp³-hybridized carbons (Fsp3) is 0.467. The van der Waals surface area contributed by atoms with Crippen LogP contribution in [-0.4, -0.2) is 36.1 Å². The van der Waals surface area contributed by atoms with Gasteiger partial charge in [0.25, 0.3) is 0 Å². The molecule has 0 unspecified atom stereocenters. The second kappa shape index (κ2) is 6.42. The van der Waals surface area contributed by atoms with Crippen LogP contribution in [0.15, 0.2) is 24.4 Å². The van der Waals surface area contributed by atoms with Gasteiger partial charge in [0.15, 0.2) is 0 Å². The Hall–Kier alpha value is -1.03. The van der Waals surface area contributed by atoms with E-state index >= 15 is 0 Å². The van der Waals surface area contributed by atoms with E-state index in [4.69, 9.17) is 11.6 Å². The summed E-state index contributed by atoms with van der Waals surface area (Å²) >= 11 is 5.98. The first-order valence-corrected chi connectivity index (χ1v) is 7.12. The van der Waals surface area contributed by atoms with E-state index in [1.165, 1.54) is 10.9 Å². The smallest absolute Gasteiger partial charge is 0.0472 e. The standard InChI is InChI=1S/C15H22ClN3/c1-11(2)19(3)7-6-17-9-12-10-18-15-8-13(16)4-5-14(12)15/h4-5,8,10-11,17-18H,6-7,9H2,1-3H3. The highest BCUT2D eigenvalue weighted by Crippen LogP contribution is 2.21. The van der Waals surface area contributed by atoms with Gasteiger partial charge in [0.05, 0.1) is 0 Å². The number of hydrogen-bond donors (Lipinski definition) is 2. The minimum Gasteiger partial charge on any atom is -0.361 e. The molecule has 1 heterocycles. The Kier molecular flexibility index (Phi) is 4.86. The lowest BCUT2D eigenvalue weighted by Gasteiger charge is -2.20. The maximum Gasteiger partial charge on any atom is 0.0472 e. The Morgan fingerprint density at radius 3 is 2.89 bits per heavy atom. The third-order valence-corrected chi connectivity index (χ3v) is 3.80. The van der Waals surface area contributed by atoms with Gasteiger partial charge in [0, 0.05) is 47.8 Å². The average Bonchev–Trinajstić information content (AvgIpc) is 2.76. The van der Waals surface area contributed by atoms with Crippen molar-refractivity contribution in [3.8, 4) is 0 Å². The van der Waals surface area contributed by atoms with Gasteiger partial charge >= 0.3 is 0 Å². The van der Waals surface area contributed by atoms with Gasteiger partial charge in [-0.1, -0.05) is 17.7 Å². The molecule has 104 valence electrons. The molecule has 2 N–H and O–H groups in total. The van der Waals surface area contributed by atoms with E-state index in [2.05, 4.69) is 48.4 Å². The van der Waals surface area contributed by atoms with Crippen molar-refractivity contribution in [3.63, 3.8) is 0 Å². The van der Waals surface area contributed by atoms with E-state index in [0.29, 0.717) is 6.04 Å². The summed E-state index contributed by atoms with van der Waals surface area (Å²) in [4.78, 5) is 5.60. The monoisotopic (exact) mass is 279 g/mol. The van der Waals surface area contributed by atoms with E-state index in [1.54, 1.807) is 0 Å². The van der Waals surface area contributed by atoms with Gasteiger partial charge in [-0.2, -0.15) is 0 Å². The minimum absolute atomic E-state index is 0.594. The van der Waals surface area contributed by atoms with Gasteiger partial charge in [-0.15, -0.1) is 0 Å². The maximum atomic E-state index is 5.98. The molecule has 0 saturated carbocycles. The van der Waals surface area contributed by atoms with E-state index in [-0.39, 0.29) is 0 Å². The van der Waals surface area contributed by atoms with E-state index in [9.17, 15) is 0 Å². The molecule has 0 bridgehead atoms. The van der Waals surface area contributed by atoms with E-state index < -0.39 is 0 Å². The molecule has 2 aromatic rings. The van der Waals surface area contributed by atoms with Crippen LogP contribution in [0, 0.1) is 0 Å². The van der Waals surface area contributed by atoms with Crippen LogP contribution in [0.5, 0.6) is 0 Å².